The quantitative estimate of drug-likeness (QED) is 0.467. The largest absolute Gasteiger partial charge is 0.395 e. The van der Waals surface area contributed by atoms with E-state index in [1.54, 1.807) is 0 Å². The number of halogens is 1. The number of hydrogen-bond donors (Lipinski definition) is 3. The number of aliphatic hydroxyl groups excluding tert-OH is 3. The molecule has 0 radical (unpaired) electrons. The van der Waals surface area contributed by atoms with Gasteiger partial charge in [0.1, 0.15) is 0 Å². The van der Waals surface area contributed by atoms with Crippen molar-refractivity contribution >= 4 is 21.7 Å². The average Bonchev–Trinajstić information content (AvgIpc) is 2.78. The number of hydrogen-bond acceptors (Lipinski definition) is 4. The summed E-state index contributed by atoms with van der Waals surface area (Å²) in [5, 5.41) is 31.3. The van der Waals surface area contributed by atoms with Gasteiger partial charge in [-0.25, -0.2) is 0 Å². The Labute approximate surface area is 151 Å². The molecular formula is C19H27BrO4. The molecule has 3 saturated carbocycles. The molecule has 8 atom stereocenters. The number of ketones is 1. The zero-order valence-electron chi connectivity index (χ0n) is 14.1. The molecule has 134 valence electrons. The fourth-order valence-electron chi connectivity index (χ4n) is 6.49. The fraction of sp³-hybridized carbons (Fsp3) is 0.842. The number of alkyl halides is 1. The minimum absolute atomic E-state index is 0.0291. The Kier molecular flexibility index (Phi) is 4.04. The molecule has 4 rings (SSSR count). The second-order valence-electron chi connectivity index (χ2n) is 8.71. The Morgan fingerprint density at radius 2 is 2.00 bits per heavy atom. The van der Waals surface area contributed by atoms with Crippen molar-refractivity contribution in [1.29, 1.82) is 0 Å². The normalized spacial score (nSPS) is 53.9. The molecule has 3 fully saturated rings. The van der Waals surface area contributed by atoms with Crippen molar-refractivity contribution in [2.24, 2.45) is 28.6 Å². The Bertz CT molecular complexity index is 590. The molecule has 3 unspecified atom stereocenters. The van der Waals surface area contributed by atoms with Crippen LogP contribution in [0.5, 0.6) is 0 Å². The van der Waals surface area contributed by atoms with Crippen LogP contribution < -0.4 is 0 Å². The van der Waals surface area contributed by atoms with Gasteiger partial charge in [0.05, 0.1) is 23.6 Å². The van der Waals surface area contributed by atoms with Crippen LogP contribution in [0.3, 0.4) is 0 Å². The van der Waals surface area contributed by atoms with Gasteiger partial charge in [0.15, 0.2) is 5.78 Å². The fourth-order valence-corrected chi connectivity index (χ4v) is 7.41. The van der Waals surface area contributed by atoms with Gasteiger partial charge in [-0.2, -0.15) is 0 Å². The van der Waals surface area contributed by atoms with E-state index in [-0.39, 0.29) is 51.9 Å². The molecule has 4 aliphatic carbocycles. The molecule has 0 aromatic heterocycles. The van der Waals surface area contributed by atoms with Gasteiger partial charge in [-0.3, -0.25) is 4.79 Å². The first-order valence-electron chi connectivity index (χ1n) is 9.20. The third kappa shape index (κ3) is 2.11. The van der Waals surface area contributed by atoms with E-state index in [1.165, 1.54) is 0 Å². The Morgan fingerprint density at radius 1 is 1.25 bits per heavy atom. The van der Waals surface area contributed by atoms with Crippen LogP contribution in [-0.2, 0) is 4.79 Å². The molecule has 0 heterocycles. The van der Waals surface area contributed by atoms with Crippen LogP contribution in [0.2, 0.25) is 0 Å². The number of aliphatic hydroxyl groups is 3. The Hall–Kier alpha value is -0.230. The summed E-state index contributed by atoms with van der Waals surface area (Å²) in [5.74, 6) is 0.677. The summed E-state index contributed by atoms with van der Waals surface area (Å²) >= 11 is 3.54. The lowest BCUT2D eigenvalue weighted by atomic mass is 9.47. The summed E-state index contributed by atoms with van der Waals surface area (Å²) < 4.78 is 0. The molecule has 0 saturated heterocycles. The van der Waals surface area contributed by atoms with Gasteiger partial charge in [0.25, 0.3) is 0 Å². The van der Waals surface area contributed by atoms with Gasteiger partial charge in [-0.1, -0.05) is 34.5 Å². The zero-order chi connectivity index (χ0) is 17.3. The van der Waals surface area contributed by atoms with Crippen molar-refractivity contribution in [2.45, 2.75) is 62.5 Å². The standard InChI is InChI=1S/C19H27BrO4/c1-18-4-3-12-16(13(18)8-14(20)17(18)24)15(23)7-10-6-11(22)2-5-19(10,12)9-21/h7,11-16,21-23H,2-6,8-9H2,1H3/t11-,12?,13?,14+,15-,16?,18-,19+/m0/s1. The monoisotopic (exact) mass is 398 g/mol. The predicted molar refractivity (Wildman–Crippen MR) is 93.6 cm³/mol. The average molecular weight is 399 g/mol. The third-order valence-electron chi connectivity index (χ3n) is 7.81. The number of carbonyl (C=O) groups excluding carboxylic acids is 1. The molecule has 0 aliphatic heterocycles. The van der Waals surface area contributed by atoms with E-state index in [0.717, 1.165) is 31.3 Å². The SMILES string of the molecule is C[C@]12CCC3C(C1C[C@@H](Br)C2=O)[C@@H](O)C=C1C[C@@H](O)CC[C@@]13CO. The molecule has 4 aliphatic rings. The van der Waals surface area contributed by atoms with Crippen molar-refractivity contribution < 1.29 is 20.1 Å². The van der Waals surface area contributed by atoms with Gasteiger partial charge >= 0.3 is 0 Å². The number of carbonyl (C=O) groups is 1. The van der Waals surface area contributed by atoms with Crippen molar-refractivity contribution in [2.75, 3.05) is 6.61 Å². The van der Waals surface area contributed by atoms with Crippen molar-refractivity contribution in [3.8, 4) is 0 Å². The molecule has 0 aromatic rings. The van der Waals surface area contributed by atoms with E-state index in [2.05, 4.69) is 22.9 Å². The molecule has 24 heavy (non-hydrogen) atoms. The van der Waals surface area contributed by atoms with Crippen LogP contribution in [-0.4, -0.2) is 44.7 Å². The van der Waals surface area contributed by atoms with Crippen LogP contribution in [0.1, 0.15) is 45.4 Å². The minimum Gasteiger partial charge on any atom is -0.395 e. The van der Waals surface area contributed by atoms with Crippen LogP contribution in [0.25, 0.3) is 0 Å². The zero-order valence-corrected chi connectivity index (χ0v) is 15.7. The van der Waals surface area contributed by atoms with Crippen molar-refractivity contribution in [3.63, 3.8) is 0 Å². The summed E-state index contributed by atoms with van der Waals surface area (Å²) in [4.78, 5) is 12.6. The molecule has 5 heteroatoms. The van der Waals surface area contributed by atoms with Gasteiger partial charge in [0.2, 0.25) is 0 Å². The number of fused-ring (bicyclic) bond motifs is 5. The van der Waals surface area contributed by atoms with E-state index < -0.39 is 6.10 Å². The summed E-state index contributed by atoms with van der Waals surface area (Å²) in [7, 11) is 0. The second kappa shape index (κ2) is 5.63. The second-order valence-corrected chi connectivity index (χ2v) is 9.81. The molecule has 3 N–H and O–H groups in total. The van der Waals surface area contributed by atoms with E-state index in [1.807, 2.05) is 6.08 Å². The lowest BCUT2D eigenvalue weighted by molar-refractivity contribution is -0.138. The lowest BCUT2D eigenvalue weighted by Gasteiger charge is -2.58. The first-order valence-corrected chi connectivity index (χ1v) is 10.1. The van der Waals surface area contributed by atoms with E-state index in [0.29, 0.717) is 12.8 Å². The number of rotatable bonds is 1. The van der Waals surface area contributed by atoms with E-state index in [4.69, 9.17) is 0 Å². The topological polar surface area (TPSA) is 77.8 Å². The van der Waals surface area contributed by atoms with Gasteiger partial charge in [-0.05, 0) is 56.3 Å². The molecule has 0 aromatic carbocycles. The van der Waals surface area contributed by atoms with Crippen molar-refractivity contribution in [3.05, 3.63) is 11.6 Å². The highest BCUT2D eigenvalue weighted by Crippen LogP contribution is 2.64. The molecular weight excluding hydrogens is 372 g/mol. The van der Waals surface area contributed by atoms with Crippen molar-refractivity contribution in [1.82, 2.24) is 0 Å². The lowest BCUT2D eigenvalue weighted by Crippen LogP contribution is -2.56. The smallest absolute Gasteiger partial charge is 0.152 e. The van der Waals surface area contributed by atoms with Gasteiger partial charge in [-0.15, -0.1) is 0 Å². The van der Waals surface area contributed by atoms with Gasteiger partial charge < -0.3 is 15.3 Å². The van der Waals surface area contributed by atoms with Gasteiger partial charge in [0, 0.05) is 10.8 Å². The maximum atomic E-state index is 12.7. The van der Waals surface area contributed by atoms with Crippen LogP contribution in [0.15, 0.2) is 11.6 Å². The highest BCUT2D eigenvalue weighted by Gasteiger charge is 2.63. The Balaban J connectivity index is 1.77. The minimum atomic E-state index is -0.579. The van der Waals surface area contributed by atoms with E-state index >= 15 is 0 Å². The Morgan fingerprint density at radius 3 is 2.71 bits per heavy atom. The first kappa shape index (κ1) is 17.2. The summed E-state index contributed by atoms with van der Waals surface area (Å²) in [5.41, 5.74) is 0.380. The molecule has 0 bridgehead atoms. The summed E-state index contributed by atoms with van der Waals surface area (Å²) in [6.45, 7) is 2.15. The summed E-state index contributed by atoms with van der Waals surface area (Å²) in [6, 6.07) is 0. The number of Topliss-reactive ketones (excluding diaryl/α,β-unsaturated/α-hetero) is 1. The highest BCUT2D eigenvalue weighted by atomic mass is 79.9. The third-order valence-corrected chi connectivity index (χ3v) is 8.60. The van der Waals surface area contributed by atoms with Crippen LogP contribution >= 0.6 is 15.9 Å². The van der Waals surface area contributed by atoms with Crippen LogP contribution in [0, 0.1) is 28.6 Å². The highest BCUT2D eigenvalue weighted by molar-refractivity contribution is 9.10. The maximum Gasteiger partial charge on any atom is 0.152 e. The summed E-state index contributed by atoms with van der Waals surface area (Å²) in [6.07, 6.45) is 5.48. The molecule has 0 spiro atoms. The maximum absolute atomic E-state index is 12.7. The van der Waals surface area contributed by atoms with Crippen LogP contribution in [0.4, 0.5) is 0 Å². The van der Waals surface area contributed by atoms with E-state index in [9.17, 15) is 20.1 Å². The molecule has 4 nitrogen and oxygen atoms in total. The molecule has 0 amide bonds. The first-order chi connectivity index (χ1) is 11.3. The predicted octanol–water partition coefficient (Wildman–Crippen LogP) is 2.20.